The van der Waals surface area contributed by atoms with Crippen LogP contribution in [0.25, 0.3) is 0 Å². The molecule has 4 N–H and O–H groups in total. The number of nitrogens with zero attached hydrogens (tertiary/aromatic N) is 2. The van der Waals surface area contributed by atoms with Gasteiger partial charge in [-0.05, 0) is 44.7 Å². The number of Topliss-reactive ketones (excluding diaryl/α,β-unsaturated/α-hetero) is 2. The molecule has 234 valence electrons. The normalized spacial score (nSPS) is 18.5. The molecule has 1 fully saturated rings. The van der Waals surface area contributed by atoms with Gasteiger partial charge in [0.05, 0.1) is 18.5 Å². The van der Waals surface area contributed by atoms with Crippen molar-refractivity contribution in [2.75, 3.05) is 13.6 Å². The van der Waals surface area contributed by atoms with Gasteiger partial charge in [-0.3, -0.25) is 28.9 Å². The maximum Gasteiger partial charge on any atom is 0.326 e. The van der Waals surface area contributed by atoms with E-state index in [9.17, 15) is 33.9 Å². The van der Waals surface area contributed by atoms with E-state index in [-0.39, 0.29) is 60.3 Å². The molecule has 2 unspecified atom stereocenters. The molecule has 2 amide bonds. The van der Waals surface area contributed by atoms with E-state index in [2.05, 4.69) is 20.5 Å². The molecule has 0 radical (unpaired) electrons. The van der Waals surface area contributed by atoms with Gasteiger partial charge >= 0.3 is 11.9 Å². The molecule has 1 aromatic rings. The standard InChI is InChI=1S/C29H44N4O8S/c1-6-17(4)18(13-22(34)21-9-7-8-12-33(21)5)27(38)32-26(16(2)3)23(35)14-24-30-20(15-42-24)28(39)31-19(29(40)41)10-11-25(36)37/h15-19,21,26H,6-14H2,1-5H3,(H,31,39)(H,32,38)(H,36,37)(H,40,41)/t17?,18-,19-,21?,26-/m0/s1. The van der Waals surface area contributed by atoms with Crippen LogP contribution >= 0.6 is 11.3 Å². The van der Waals surface area contributed by atoms with Crippen LogP contribution in [0.15, 0.2) is 5.38 Å². The van der Waals surface area contributed by atoms with Crippen LogP contribution in [0.2, 0.25) is 0 Å². The van der Waals surface area contributed by atoms with Crippen molar-refractivity contribution < 1.29 is 39.0 Å². The topological polar surface area (TPSA) is 183 Å². The maximum absolute atomic E-state index is 13.5. The lowest BCUT2D eigenvalue weighted by Crippen LogP contribution is -2.49. The van der Waals surface area contributed by atoms with Crippen LogP contribution in [0, 0.1) is 17.8 Å². The van der Waals surface area contributed by atoms with E-state index in [1.54, 1.807) is 0 Å². The van der Waals surface area contributed by atoms with Crippen molar-refractivity contribution in [1.29, 1.82) is 0 Å². The molecule has 2 heterocycles. The molecule has 12 nitrogen and oxygen atoms in total. The zero-order chi connectivity index (χ0) is 31.6. The van der Waals surface area contributed by atoms with E-state index in [1.807, 2.05) is 34.7 Å². The lowest BCUT2D eigenvalue weighted by Gasteiger charge is -2.33. The predicted octanol–water partition coefficient (Wildman–Crippen LogP) is 2.55. The summed E-state index contributed by atoms with van der Waals surface area (Å²) in [5, 5.41) is 24.9. The SMILES string of the molecule is CCC(C)[C@H](CC(=O)C1CCCCN1C)C(=O)N[C@H](C(=O)Cc1nc(C(=O)N[C@@H](CCC(=O)O)C(=O)O)cs1)C(C)C. The van der Waals surface area contributed by atoms with Crippen molar-refractivity contribution in [1.82, 2.24) is 20.5 Å². The van der Waals surface area contributed by atoms with Crippen LogP contribution in [-0.2, 0) is 30.4 Å². The molecule has 0 bridgehead atoms. The monoisotopic (exact) mass is 608 g/mol. The maximum atomic E-state index is 13.5. The molecule has 1 aliphatic rings. The van der Waals surface area contributed by atoms with E-state index >= 15 is 0 Å². The number of carbonyl (C=O) groups is 6. The van der Waals surface area contributed by atoms with Crippen molar-refractivity contribution in [3.63, 3.8) is 0 Å². The number of ketones is 2. The molecule has 0 aliphatic carbocycles. The third-order valence-corrected chi connectivity index (χ3v) is 8.75. The predicted molar refractivity (Wildman–Crippen MR) is 156 cm³/mol. The Labute approximate surface area is 250 Å². The zero-order valence-corrected chi connectivity index (χ0v) is 25.9. The molecule has 5 atom stereocenters. The highest BCUT2D eigenvalue weighted by Crippen LogP contribution is 2.25. The lowest BCUT2D eigenvalue weighted by atomic mass is 9.83. The van der Waals surface area contributed by atoms with Crippen LogP contribution in [0.1, 0.15) is 88.1 Å². The number of carbonyl (C=O) groups excluding carboxylic acids is 4. The Kier molecular flexibility index (Phi) is 13.7. The fraction of sp³-hybridized carbons (Fsp3) is 0.690. The Balaban J connectivity index is 2.08. The summed E-state index contributed by atoms with van der Waals surface area (Å²) in [7, 11) is 1.94. The largest absolute Gasteiger partial charge is 0.481 e. The minimum absolute atomic E-state index is 0.0479. The second-order valence-electron chi connectivity index (χ2n) is 11.5. The van der Waals surface area contributed by atoms with Crippen LogP contribution < -0.4 is 10.6 Å². The molecule has 0 aromatic carbocycles. The van der Waals surface area contributed by atoms with Crippen LogP contribution in [-0.4, -0.2) is 87.1 Å². The molecule has 1 aromatic heterocycles. The number of thiazole rings is 1. The highest BCUT2D eigenvalue weighted by Gasteiger charge is 2.35. The quantitative estimate of drug-likeness (QED) is 0.205. The number of nitrogens with one attached hydrogen (secondary N) is 2. The molecule has 0 spiro atoms. The third-order valence-electron chi connectivity index (χ3n) is 7.90. The Hall–Kier alpha value is -3.19. The first-order valence-corrected chi connectivity index (χ1v) is 15.4. The third kappa shape index (κ3) is 10.3. The first-order valence-electron chi connectivity index (χ1n) is 14.5. The minimum atomic E-state index is -1.40. The summed E-state index contributed by atoms with van der Waals surface area (Å²) in [6.07, 6.45) is 2.76. The van der Waals surface area contributed by atoms with E-state index < -0.39 is 42.3 Å². The smallest absolute Gasteiger partial charge is 0.326 e. The van der Waals surface area contributed by atoms with Crippen LogP contribution in [0.4, 0.5) is 0 Å². The molecular formula is C29H44N4O8S. The average molecular weight is 609 g/mol. The number of amides is 2. The summed E-state index contributed by atoms with van der Waals surface area (Å²) in [5.74, 6) is -4.79. The van der Waals surface area contributed by atoms with Gasteiger partial charge in [-0.1, -0.05) is 40.5 Å². The number of hydrogen-bond acceptors (Lipinski definition) is 9. The van der Waals surface area contributed by atoms with Crippen molar-refractivity contribution in [3.05, 3.63) is 16.1 Å². The van der Waals surface area contributed by atoms with Gasteiger partial charge in [-0.2, -0.15) is 0 Å². The van der Waals surface area contributed by atoms with Gasteiger partial charge in [0.25, 0.3) is 5.91 Å². The second-order valence-corrected chi connectivity index (χ2v) is 12.4. The van der Waals surface area contributed by atoms with Crippen LogP contribution in [0.5, 0.6) is 0 Å². The summed E-state index contributed by atoms with van der Waals surface area (Å²) in [4.78, 5) is 80.9. The molecule has 1 aliphatic heterocycles. The number of aliphatic carboxylic acids is 2. The Bertz CT molecular complexity index is 1140. The van der Waals surface area contributed by atoms with Crippen LogP contribution in [0.3, 0.4) is 0 Å². The number of piperidine rings is 1. The van der Waals surface area contributed by atoms with Crippen molar-refractivity contribution in [3.8, 4) is 0 Å². The van der Waals surface area contributed by atoms with E-state index in [1.165, 1.54) is 5.38 Å². The number of aromatic nitrogens is 1. The van der Waals surface area contributed by atoms with E-state index in [0.29, 0.717) is 11.4 Å². The Morgan fingerprint density at radius 2 is 1.79 bits per heavy atom. The second kappa shape index (κ2) is 16.4. The number of carboxylic acid groups (broad SMARTS) is 2. The number of hydrogen-bond donors (Lipinski definition) is 4. The molecule has 2 rings (SSSR count). The fourth-order valence-electron chi connectivity index (χ4n) is 5.06. The number of likely N-dealkylation sites (tertiary alicyclic amines) is 1. The Morgan fingerprint density at radius 3 is 2.36 bits per heavy atom. The van der Waals surface area contributed by atoms with Gasteiger partial charge in [0.1, 0.15) is 16.7 Å². The highest BCUT2D eigenvalue weighted by molar-refractivity contribution is 7.10. The first-order chi connectivity index (χ1) is 19.7. The van der Waals surface area contributed by atoms with Gasteiger partial charge < -0.3 is 20.8 Å². The summed E-state index contributed by atoms with van der Waals surface area (Å²) in [6, 6.07) is -2.42. The van der Waals surface area contributed by atoms with Gasteiger partial charge in [-0.15, -0.1) is 11.3 Å². The molecule has 42 heavy (non-hydrogen) atoms. The Morgan fingerprint density at radius 1 is 1.10 bits per heavy atom. The van der Waals surface area contributed by atoms with Crippen molar-refractivity contribution in [2.45, 2.75) is 97.2 Å². The van der Waals surface area contributed by atoms with E-state index in [0.717, 1.165) is 37.1 Å². The van der Waals surface area contributed by atoms with Gasteiger partial charge in [0, 0.05) is 24.1 Å². The summed E-state index contributed by atoms with van der Waals surface area (Å²) < 4.78 is 0. The van der Waals surface area contributed by atoms with Crippen molar-refractivity contribution in [2.24, 2.45) is 17.8 Å². The van der Waals surface area contributed by atoms with E-state index in [4.69, 9.17) is 5.11 Å². The molecular weight excluding hydrogens is 564 g/mol. The number of carboxylic acids is 2. The summed E-state index contributed by atoms with van der Waals surface area (Å²) in [5.41, 5.74) is -0.0856. The van der Waals surface area contributed by atoms with Gasteiger partial charge in [-0.25, -0.2) is 9.78 Å². The zero-order valence-electron chi connectivity index (χ0n) is 25.1. The molecule has 1 saturated heterocycles. The summed E-state index contributed by atoms with van der Waals surface area (Å²) in [6.45, 7) is 8.38. The minimum Gasteiger partial charge on any atom is -0.481 e. The van der Waals surface area contributed by atoms with Crippen molar-refractivity contribution >= 4 is 46.7 Å². The fourth-order valence-corrected chi connectivity index (χ4v) is 5.85. The highest BCUT2D eigenvalue weighted by atomic mass is 32.1. The number of likely N-dealkylation sites (N-methyl/N-ethyl adjacent to an activating group) is 1. The molecule has 0 saturated carbocycles. The average Bonchev–Trinajstić information content (AvgIpc) is 3.40. The summed E-state index contributed by atoms with van der Waals surface area (Å²) >= 11 is 1.05. The number of rotatable bonds is 17. The lowest BCUT2D eigenvalue weighted by molar-refractivity contribution is -0.140. The van der Waals surface area contributed by atoms with Gasteiger partial charge in [0.2, 0.25) is 5.91 Å². The van der Waals surface area contributed by atoms with Gasteiger partial charge in [0.15, 0.2) is 11.6 Å². The first kappa shape index (κ1) is 35.0. The molecule has 13 heteroatoms.